The van der Waals surface area contributed by atoms with Gasteiger partial charge < -0.3 is 10.6 Å². The standard InChI is InChI=1S/C12H20N2S/c1-9-3-4-14-12(9)6-13-5-11-8-15-7-10(11)2/h7-9,12-14H,3-6H2,1-2H3. The molecule has 0 aromatic carbocycles. The van der Waals surface area contributed by atoms with Crippen molar-refractivity contribution in [2.75, 3.05) is 13.1 Å². The monoisotopic (exact) mass is 224 g/mol. The minimum Gasteiger partial charge on any atom is -0.312 e. The summed E-state index contributed by atoms with van der Waals surface area (Å²) in [7, 11) is 0. The summed E-state index contributed by atoms with van der Waals surface area (Å²) in [5.74, 6) is 0.820. The second kappa shape index (κ2) is 5.10. The molecular formula is C12H20N2S. The molecule has 1 saturated heterocycles. The van der Waals surface area contributed by atoms with E-state index in [1.807, 2.05) is 0 Å². The Bertz CT molecular complexity index is 308. The van der Waals surface area contributed by atoms with Crippen LogP contribution in [0.2, 0.25) is 0 Å². The van der Waals surface area contributed by atoms with Crippen LogP contribution in [0, 0.1) is 12.8 Å². The average molecular weight is 224 g/mol. The van der Waals surface area contributed by atoms with Crippen LogP contribution in [0.1, 0.15) is 24.5 Å². The Kier molecular flexibility index (Phi) is 3.78. The van der Waals surface area contributed by atoms with Crippen molar-refractivity contribution in [3.8, 4) is 0 Å². The highest BCUT2D eigenvalue weighted by atomic mass is 32.1. The maximum absolute atomic E-state index is 3.55. The molecule has 2 N–H and O–H groups in total. The maximum Gasteiger partial charge on any atom is 0.0218 e. The lowest BCUT2D eigenvalue weighted by atomic mass is 10.0. The fourth-order valence-electron chi connectivity index (χ4n) is 2.10. The van der Waals surface area contributed by atoms with Crippen molar-refractivity contribution in [1.29, 1.82) is 0 Å². The third kappa shape index (κ3) is 2.80. The molecule has 2 rings (SSSR count). The van der Waals surface area contributed by atoms with E-state index in [-0.39, 0.29) is 0 Å². The van der Waals surface area contributed by atoms with Gasteiger partial charge in [0, 0.05) is 19.1 Å². The second-order valence-electron chi connectivity index (χ2n) is 4.54. The van der Waals surface area contributed by atoms with Gasteiger partial charge in [-0.15, -0.1) is 0 Å². The molecule has 2 heterocycles. The highest BCUT2D eigenvalue weighted by molar-refractivity contribution is 7.08. The van der Waals surface area contributed by atoms with Gasteiger partial charge >= 0.3 is 0 Å². The molecule has 0 radical (unpaired) electrons. The minimum atomic E-state index is 0.670. The number of aryl methyl sites for hydroxylation is 1. The first-order valence-electron chi connectivity index (χ1n) is 5.73. The molecular weight excluding hydrogens is 204 g/mol. The highest BCUT2D eigenvalue weighted by Gasteiger charge is 2.21. The maximum atomic E-state index is 3.55. The van der Waals surface area contributed by atoms with Crippen LogP contribution in [0.3, 0.4) is 0 Å². The molecule has 1 aliphatic rings. The Morgan fingerprint density at radius 3 is 3.00 bits per heavy atom. The van der Waals surface area contributed by atoms with Crippen molar-refractivity contribution in [2.24, 2.45) is 5.92 Å². The SMILES string of the molecule is Cc1cscc1CNCC1NCCC1C. The molecule has 0 amide bonds. The van der Waals surface area contributed by atoms with Crippen LogP contribution in [-0.4, -0.2) is 19.1 Å². The Morgan fingerprint density at radius 1 is 1.53 bits per heavy atom. The summed E-state index contributed by atoms with van der Waals surface area (Å²) in [5, 5.41) is 11.5. The van der Waals surface area contributed by atoms with E-state index in [1.54, 1.807) is 11.3 Å². The summed E-state index contributed by atoms with van der Waals surface area (Å²) in [6.07, 6.45) is 1.32. The van der Waals surface area contributed by atoms with Gasteiger partial charge in [0.15, 0.2) is 0 Å². The topological polar surface area (TPSA) is 24.1 Å². The molecule has 1 aromatic heterocycles. The molecule has 0 bridgehead atoms. The molecule has 0 saturated carbocycles. The van der Waals surface area contributed by atoms with Gasteiger partial charge in [-0.25, -0.2) is 0 Å². The van der Waals surface area contributed by atoms with Crippen LogP contribution < -0.4 is 10.6 Å². The van der Waals surface area contributed by atoms with E-state index < -0.39 is 0 Å². The summed E-state index contributed by atoms with van der Waals surface area (Å²) in [6, 6.07) is 0.670. The molecule has 3 heteroatoms. The Balaban J connectivity index is 1.73. The van der Waals surface area contributed by atoms with Crippen molar-refractivity contribution in [2.45, 2.75) is 32.9 Å². The van der Waals surface area contributed by atoms with Crippen molar-refractivity contribution in [3.05, 3.63) is 21.9 Å². The Labute approximate surface area is 96.1 Å². The van der Waals surface area contributed by atoms with E-state index in [0.717, 1.165) is 19.0 Å². The molecule has 0 aliphatic carbocycles. The number of hydrogen-bond donors (Lipinski definition) is 2. The molecule has 84 valence electrons. The van der Waals surface area contributed by atoms with Crippen molar-refractivity contribution in [3.63, 3.8) is 0 Å². The summed E-state index contributed by atoms with van der Waals surface area (Å²) in [5.41, 5.74) is 2.87. The molecule has 2 atom stereocenters. The lowest BCUT2D eigenvalue weighted by Crippen LogP contribution is -2.36. The van der Waals surface area contributed by atoms with E-state index in [4.69, 9.17) is 0 Å². The molecule has 15 heavy (non-hydrogen) atoms. The summed E-state index contributed by atoms with van der Waals surface area (Å²) < 4.78 is 0. The van der Waals surface area contributed by atoms with Crippen LogP contribution in [0.15, 0.2) is 10.8 Å². The number of rotatable bonds is 4. The first-order chi connectivity index (χ1) is 7.27. The van der Waals surface area contributed by atoms with E-state index in [2.05, 4.69) is 35.2 Å². The zero-order chi connectivity index (χ0) is 10.7. The fourth-order valence-corrected chi connectivity index (χ4v) is 2.96. The van der Waals surface area contributed by atoms with Crippen molar-refractivity contribution < 1.29 is 0 Å². The zero-order valence-corrected chi connectivity index (χ0v) is 10.4. The predicted octanol–water partition coefficient (Wildman–Crippen LogP) is 2.14. The molecule has 2 unspecified atom stereocenters. The highest BCUT2D eigenvalue weighted by Crippen LogP contribution is 2.15. The summed E-state index contributed by atoms with van der Waals surface area (Å²) in [4.78, 5) is 0. The third-order valence-corrected chi connectivity index (χ3v) is 4.24. The Hall–Kier alpha value is -0.380. The van der Waals surface area contributed by atoms with E-state index in [9.17, 15) is 0 Å². The van der Waals surface area contributed by atoms with Crippen LogP contribution in [-0.2, 0) is 6.54 Å². The predicted molar refractivity (Wildman–Crippen MR) is 66.3 cm³/mol. The molecule has 2 nitrogen and oxygen atoms in total. The largest absolute Gasteiger partial charge is 0.312 e. The first-order valence-corrected chi connectivity index (χ1v) is 6.67. The first kappa shape index (κ1) is 11.1. The van der Waals surface area contributed by atoms with E-state index in [1.165, 1.54) is 24.1 Å². The van der Waals surface area contributed by atoms with Gasteiger partial charge in [-0.2, -0.15) is 11.3 Å². The van der Waals surface area contributed by atoms with Crippen LogP contribution >= 0.6 is 11.3 Å². The van der Waals surface area contributed by atoms with Gasteiger partial charge in [-0.05, 0) is 47.7 Å². The van der Waals surface area contributed by atoms with Crippen LogP contribution in [0.4, 0.5) is 0 Å². The van der Waals surface area contributed by atoms with Crippen LogP contribution in [0.25, 0.3) is 0 Å². The number of thiophene rings is 1. The molecule has 1 aliphatic heterocycles. The van der Waals surface area contributed by atoms with Gasteiger partial charge in [0.25, 0.3) is 0 Å². The smallest absolute Gasteiger partial charge is 0.0218 e. The summed E-state index contributed by atoms with van der Waals surface area (Å²) in [6.45, 7) is 7.81. The van der Waals surface area contributed by atoms with Gasteiger partial charge in [-0.1, -0.05) is 6.92 Å². The molecule has 1 aromatic rings. The lowest BCUT2D eigenvalue weighted by Gasteiger charge is -2.16. The molecule has 1 fully saturated rings. The number of hydrogen-bond acceptors (Lipinski definition) is 3. The average Bonchev–Trinajstić information content (AvgIpc) is 2.78. The normalized spacial score (nSPS) is 26.0. The van der Waals surface area contributed by atoms with Crippen molar-refractivity contribution in [1.82, 2.24) is 10.6 Å². The van der Waals surface area contributed by atoms with Gasteiger partial charge in [-0.3, -0.25) is 0 Å². The van der Waals surface area contributed by atoms with E-state index >= 15 is 0 Å². The fraction of sp³-hybridized carbons (Fsp3) is 0.667. The summed E-state index contributed by atoms with van der Waals surface area (Å²) >= 11 is 1.79. The zero-order valence-electron chi connectivity index (χ0n) is 9.55. The second-order valence-corrected chi connectivity index (χ2v) is 5.28. The van der Waals surface area contributed by atoms with Crippen molar-refractivity contribution >= 4 is 11.3 Å². The van der Waals surface area contributed by atoms with Crippen LogP contribution in [0.5, 0.6) is 0 Å². The Morgan fingerprint density at radius 2 is 2.40 bits per heavy atom. The quantitative estimate of drug-likeness (QED) is 0.819. The minimum absolute atomic E-state index is 0.670. The number of nitrogens with one attached hydrogen (secondary N) is 2. The molecule has 0 spiro atoms. The van der Waals surface area contributed by atoms with Gasteiger partial charge in [0.1, 0.15) is 0 Å². The van der Waals surface area contributed by atoms with Gasteiger partial charge in [0.2, 0.25) is 0 Å². The third-order valence-electron chi connectivity index (χ3n) is 3.33. The van der Waals surface area contributed by atoms with E-state index in [0.29, 0.717) is 6.04 Å². The van der Waals surface area contributed by atoms with Gasteiger partial charge in [0.05, 0.1) is 0 Å². The lowest BCUT2D eigenvalue weighted by molar-refractivity contribution is 0.448.